The third-order valence-corrected chi connectivity index (χ3v) is 2.79. The lowest BCUT2D eigenvalue weighted by molar-refractivity contribution is -0.135. The Morgan fingerprint density at radius 3 is 2.15 bits per heavy atom. The van der Waals surface area contributed by atoms with Gasteiger partial charge >= 0.3 is 5.63 Å². The summed E-state index contributed by atoms with van der Waals surface area (Å²) in [6.07, 6.45) is 3.14. The van der Waals surface area contributed by atoms with Crippen molar-refractivity contribution < 1.29 is 34.4 Å². The third-order valence-electron chi connectivity index (χ3n) is 2.79. The number of nitrogens with zero attached hydrogens (tertiary/aromatic N) is 1. The fourth-order valence-electron chi connectivity index (χ4n) is 1.91. The van der Waals surface area contributed by atoms with E-state index in [1.807, 2.05) is 0 Å². The van der Waals surface area contributed by atoms with E-state index >= 15 is 0 Å². The summed E-state index contributed by atoms with van der Waals surface area (Å²) in [6.45, 7) is 2.17. The van der Waals surface area contributed by atoms with Crippen LogP contribution in [0.4, 0.5) is 0 Å². The van der Waals surface area contributed by atoms with Crippen LogP contribution in [-0.2, 0) is 9.59 Å². The first kappa shape index (κ1) is 21.2. The van der Waals surface area contributed by atoms with Crippen molar-refractivity contribution in [3.8, 4) is 22.6 Å². The van der Waals surface area contributed by atoms with E-state index in [1.165, 1.54) is 24.4 Å². The van der Waals surface area contributed by atoms with Crippen molar-refractivity contribution in [1.82, 2.24) is 4.98 Å². The SMILES string of the molecule is CC(=O)O.CC(=O)O.O=c1oc2cc(O)cc(O)c2cc1-c1cccnc1. The number of hydrogen-bond acceptors (Lipinski definition) is 7. The van der Waals surface area contributed by atoms with Crippen molar-refractivity contribution in [1.29, 1.82) is 0 Å². The van der Waals surface area contributed by atoms with Crippen LogP contribution in [-0.4, -0.2) is 37.3 Å². The number of benzene rings is 1. The first-order chi connectivity index (χ1) is 12.6. The lowest BCUT2D eigenvalue weighted by atomic mass is 10.1. The fraction of sp³-hybridized carbons (Fsp3) is 0.111. The summed E-state index contributed by atoms with van der Waals surface area (Å²) in [7, 11) is 0. The Balaban J connectivity index is 0.000000390. The first-order valence-corrected chi connectivity index (χ1v) is 7.41. The summed E-state index contributed by atoms with van der Waals surface area (Å²) >= 11 is 0. The average Bonchev–Trinajstić information content (AvgIpc) is 2.54. The molecule has 0 aliphatic heterocycles. The molecule has 0 bridgehead atoms. The molecule has 0 atom stereocenters. The average molecular weight is 375 g/mol. The summed E-state index contributed by atoms with van der Waals surface area (Å²) in [5.41, 5.74) is 0.493. The number of aromatic hydroxyl groups is 2. The summed E-state index contributed by atoms with van der Waals surface area (Å²) in [6, 6.07) is 7.42. The molecule has 0 unspecified atom stereocenters. The summed E-state index contributed by atoms with van der Waals surface area (Å²) < 4.78 is 5.11. The molecule has 1 aromatic carbocycles. The van der Waals surface area contributed by atoms with Crippen LogP contribution < -0.4 is 5.63 Å². The molecule has 142 valence electrons. The summed E-state index contributed by atoms with van der Waals surface area (Å²) in [5, 5.41) is 34.3. The molecule has 0 aliphatic rings. The van der Waals surface area contributed by atoms with E-state index in [4.69, 9.17) is 24.2 Å². The van der Waals surface area contributed by atoms with Gasteiger partial charge in [0.15, 0.2) is 0 Å². The van der Waals surface area contributed by atoms with Gasteiger partial charge in [-0.2, -0.15) is 0 Å². The van der Waals surface area contributed by atoms with E-state index in [1.54, 1.807) is 18.3 Å². The minimum absolute atomic E-state index is 0.134. The van der Waals surface area contributed by atoms with Crippen LogP contribution in [0.15, 0.2) is 51.9 Å². The van der Waals surface area contributed by atoms with Crippen LogP contribution in [0, 0.1) is 0 Å². The second-order valence-corrected chi connectivity index (χ2v) is 5.10. The number of phenolic OH excluding ortho intramolecular Hbond substituents is 2. The van der Waals surface area contributed by atoms with Gasteiger partial charge in [0, 0.05) is 43.9 Å². The molecule has 0 radical (unpaired) electrons. The number of aliphatic carboxylic acids is 2. The molecule has 9 heteroatoms. The topological polar surface area (TPSA) is 158 Å². The van der Waals surface area contributed by atoms with E-state index in [-0.39, 0.29) is 17.1 Å². The number of pyridine rings is 1. The van der Waals surface area contributed by atoms with Crippen molar-refractivity contribution in [2.75, 3.05) is 0 Å². The van der Waals surface area contributed by atoms with Crippen molar-refractivity contribution in [3.63, 3.8) is 0 Å². The molecule has 3 rings (SSSR count). The molecule has 9 nitrogen and oxygen atoms in total. The quantitative estimate of drug-likeness (QED) is 0.469. The Hall–Kier alpha value is -3.88. The van der Waals surface area contributed by atoms with Gasteiger partial charge in [0.05, 0.1) is 10.9 Å². The molecular weight excluding hydrogens is 358 g/mol. The van der Waals surface area contributed by atoms with E-state index in [9.17, 15) is 15.0 Å². The standard InChI is InChI=1S/C14H9NO4.2C2H4O2/c16-9-4-12(17)11-6-10(8-2-1-3-15-7-8)14(18)19-13(11)5-9;2*1-2(3)4/h1-7,16-17H;2*1H3,(H,3,4). The van der Waals surface area contributed by atoms with Crippen molar-refractivity contribution in [3.05, 3.63) is 53.1 Å². The van der Waals surface area contributed by atoms with Crippen LogP contribution in [0.2, 0.25) is 0 Å². The van der Waals surface area contributed by atoms with Crippen LogP contribution in [0.1, 0.15) is 13.8 Å². The zero-order valence-corrected chi connectivity index (χ0v) is 14.4. The number of carboxylic acid groups (broad SMARTS) is 2. The number of carboxylic acids is 2. The maximum Gasteiger partial charge on any atom is 0.344 e. The Kier molecular flexibility index (Phi) is 7.50. The molecule has 0 spiro atoms. The van der Waals surface area contributed by atoms with Crippen molar-refractivity contribution in [2.45, 2.75) is 13.8 Å². The van der Waals surface area contributed by atoms with Gasteiger partial charge in [-0.3, -0.25) is 14.6 Å². The molecule has 0 fully saturated rings. The highest BCUT2D eigenvalue weighted by Crippen LogP contribution is 2.31. The molecule has 0 saturated heterocycles. The second-order valence-electron chi connectivity index (χ2n) is 5.10. The maximum atomic E-state index is 11.9. The molecule has 27 heavy (non-hydrogen) atoms. The van der Waals surface area contributed by atoms with Crippen LogP contribution in [0.5, 0.6) is 11.5 Å². The van der Waals surface area contributed by atoms with Gasteiger partial charge in [-0.05, 0) is 12.1 Å². The van der Waals surface area contributed by atoms with Gasteiger partial charge in [0.1, 0.15) is 17.1 Å². The van der Waals surface area contributed by atoms with Crippen molar-refractivity contribution in [2.24, 2.45) is 0 Å². The monoisotopic (exact) mass is 375 g/mol. The van der Waals surface area contributed by atoms with E-state index in [0.29, 0.717) is 16.5 Å². The Morgan fingerprint density at radius 2 is 1.63 bits per heavy atom. The number of rotatable bonds is 1. The molecular formula is C18H17NO8. The van der Waals surface area contributed by atoms with Gasteiger partial charge in [0.2, 0.25) is 0 Å². The minimum atomic E-state index is -0.833. The molecule has 2 heterocycles. The Bertz CT molecular complexity index is 975. The normalized spacial score (nSPS) is 9.41. The molecule has 4 N–H and O–H groups in total. The van der Waals surface area contributed by atoms with Gasteiger partial charge in [-0.25, -0.2) is 4.79 Å². The number of carbonyl (C=O) groups is 2. The predicted octanol–water partition coefficient (Wildman–Crippen LogP) is 2.45. The fourth-order valence-corrected chi connectivity index (χ4v) is 1.91. The van der Waals surface area contributed by atoms with Crippen LogP contribution in [0.3, 0.4) is 0 Å². The second kappa shape index (κ2) is 9.56. The van der Waals surface area contributed by atoms with Crippen LogP contribution in [0.25, 0.3) is 22.1 Å². The van der Waals surface area contributed by atoms with Gasteiger partial charge in [-0.15, -0.1) is 0 Å². The maximum absolute atomic E-state index is 11.9. The lowest BCUT2D eigenvalue weighted by Crippen LogP contribution is -2.02. The summed E-state index contributed by atoms with van der Waals surface area (Å²) in [5.74, 6) is -1.98. The van der Waals surface area contributed by atoms with Gasteiger partial charge in [0.25, 0.3) is 11.9 Å². The highest BCUT2D eigenvalue weighted by atomic mass is 16.4. The lowest BCUT2D eigenvalue weighted by Gasteiger charge is -2.04. The number of aromatic nitrogens is 1. The van der Waals surface area contributed by atoms with Gasteiger partial charge < -0.3 is 24.8 Å². The number of phenols is 2. The van der Waals surface area contributed by atoms with E-state index < -0.39 is 17.6 Å². The largest absolute Gasteiger partial charge is 0.508 e. The Labute approximate surface area is 152 Å². The molecule has 2 aromatic heterocycles. The first-order valence-electron chi connectivity index (χ1n) is 7.41. The molecule has 0 saturated carbocycles. The highest BCUT2D eigenvalue weighted by Gasteiger charge is 2.11. The van der Waals surface area contributed by atoms with Gasteiger partial charge in [-0.1, -0.05) is 6.07 Å². The van der Waals surface area contributed by atoms with Crippen molar-refractivity contribution >= 4 is 22.9 Å². The highest BCUT2D eigenvalue weighted by molar-refractivity contribution is 5.88. The van der Waals surface area contributed by atoms with E-state index in [0.717, 1.165) is 13.8 Å². The Morgan fingerprint density at radius 1 is 1.04 bits per heavy atom. The molecule has 0 amide bonds. The molecule has 0 aliphatic carbocycles. The smallest absolute Gasteiger partial charge is 0.344 e. The predicted molar refractivity (Wildman–Crippen MR) is 95.7 cm³/mol. The van der Waals surface area contributed by atoms with Crippen LogP contribution >= 0.6 is 0 Å². The summed E-state index contributed by atoms with van der Waals surface area (Å²) in [4.78, 5) is 33.8. The number of fused-ring (bicyclic) bond motifs is 1. The zero-order chi connectivity index (χ0) is 20.6. The van der Waals surface area contributed by atoms with E-state index in [2.05, 4.69) is 4.98 Å². The number of hydrogen-bond donors (Lipinski definition) is 4. The minimum Gasteiger partial charge on any atom is -0.508 e. The zero-order valence-electron chi connectivity index (χ0n) is 14.4. The third kappa shape index (κ3) is 6.86. The molecule has 3 aromatic rings.